The number of aromatic nitrogens is 5. The van der Waals surface area contributed by atoms with Crippen molar-refractivity contribution in [2.75, 3.05) is 6.26 Å². The molecule has 166 valence electrons. The van der Waals surface area contributed by atoms with Crippen molar-refractivity contribution in [3.8, 4) is 33.9 Å². The van der Waals surface area contributed by atoms with Crippen LogP contribution in [0.5, 0.6) is 0 Å². The number of primary amides is 1. The summed E-state index contributed by atoms with van der Waals surface area (Å²) in [5, 5.41) is 8.28. The lowest BCUT2D eigenvalue weighted by Gasteiger charge is -2.14. The van der Waals surface area contributed by atoms with Gasteiger partial charge in [0.15, 0.2) is 15.7 Å². The molecule has 2 N–H and O–H groups in total. The van der Waals surface area contributed by atoms with Gasteiger partial charge in [0.1, 0.15) is 17.7 Å². The molecule has 1 saturated carbocycles. The molecule has 0 unspecified atom stereocenters. The van der Waals surface area contributed by atoms with Crippen LogP contribution in [-0.4, -0.2) is 45.3 Å². The van der Waals surface area contributed by atoms with Crippen LogP contribution in [0.3, 0.4) is 0 Å². The van der Waals surface area contributed by atoms with E-state index in [0.29, 0.717) is 39.9 Å². The number of sulfone groups is 1. The number of benzene rings is 1. The fourth-order valence-corrected chi connectivity index (χ4v) is 4.40. The lowest BCUT2D eigenvalue weighted by atomic mass is 9.96. The lowest BCUT2D eigenvalue weighted by Crippen LogP contribution is -2.15. The molecule has 1 fully saturated rings. The van der Waals surface area contributed by atoms with Gasteiger partial charge in [-0.25, -0.2) is 13.4 Å². The zero-order valence-corrected chi connectivity index (χ0v) is 18.5. The average molecular weight is 461 g/mol. The second-order valence-electron chi connectivity index (χ2n) is 7.94. The molecule has 10 heteroatoms. The Morgan fingerprint density at radius 2 is 1.79 bits per heavy atom. The Balaban J connectivity index is 1.67. The standard InChI is InChI=1S/C23H20N6O3S/c1-33(31,32)16-9-5-14(6-10-16)17-11-12-25-21(22(24)30)20(17)18-3-2-4-19(27-18)23-28-26-13-29(23)15-7-8-15/h2-6,9-13,15H,7-8H2,1H3,(H2,24,30). The summed E-state index contributed by atoms with van der Waals surface area (Å²) in [4.78, 5) is 21.4. The van der Waals surface area contributed by atoms with Crippen molar-refractivity contribution in [2.45, 2.75) is 23.8 Å². The minimum atomic E-state index is -3.34. The van der Waals surface area contributed by atoms with Gasteiger partial charge >= 0.3 is 0 Å². The van der Waals surface area contributed by atoms with Gasteiger partial charge in [0, 0.05) is 24.1 Å². The van der Waals surface area contributed by atoms with Crippen molar-refractivity contribution >= 4 is 15.7 Å². The monoisotopic (exact) mass is 460 g/mol. The number of carbonyl (C=O) groups excluding carboxylic acids is 1. The molecule has 0 aliphatic heterocycles. The molecule has 0 spiro atoms. The number of nitrogens with zero attached hydrogens (tertiary/aromatic N) is 5. The van der Waals surface area contributed by atoms with Crippen LogP contribution in [0.15, 0.2) is 66.0 Å². The normalized spacial score (nSPS) is 13.7. The first-order valence-corrected chi connectivity index (χ1v) is 12.2. The summed E-state index contributed by atoms with van der Waals surface area (Å²) < 4.78 is 25.7. The summed E-state index contributed by atoms with van der Waals surface area (Å²) in [7, 11) is -3.34. The van der Waals surface area contributed by atoms with Crippen LogP contribution in [0.1, 0.15) is 29.4 Å². The number of carbonyl (C=O) groups is 1. The van der Waals surface area contributed by atoms with E-state index >= 15 is 0 Å². The van der Waals surface area contributed by atoms with Gasteiger partial charge in [-0.1, -0.05) is 18.2 Å². The lowest BCUT2D eigenvalue weighted by molar-refractivity contribution is 0.0996. The SMILES string of the molecule is CS(=O)(=O)c1ccc(-c2ccnc(C(N)=O)c2-c2cccc(-c3nncn3C3CC3)n2)cc1. The van der Waals surface area contributed by atoms with Crippen molar-refractivity contribution in [3.05, 3.63) is 66.7 Å². The highest BCUT2D eigenvalue weighted by Crippen LogP contribution is 2.38. The van der Waals surface area contributed by atoms with Gasteiger partial charge in [-0.05, 0) is 54.3 Å². The maximum atomic E-state index is 12.3. The van der Waals surface area contributed by atoms with Crippen molar-refractivity contribution in [3.63, 3.8) is 0 Å². The maximum absolute atomic E-state index is 12.3. The van der Waals surface area contributed by atoms with Crippen molar-refractivity contribution in [1.29, 1.82) is 0 Å². The molecule has 1 aliphatic rings. The predicted molar refractivity (Wildman–Crippen MR) is 122 cm³/mol. The van der Waals surface area contributed by atoms with E-state index in [2.05, 4.69) is 15.2 Å². The van der Waals surface area contributed by atoms with Crippen LogP contribution in [0.2, 0.25) is 0 Å². The largest absolute Gasteiger partial charge is 0.364 e. The van der Waals surface area contributed by atoms with Gasteiger partial charge in [0.2, 0.25) is 0 Å². The van der Waals surface area contributed by atoms with E-state index in [1.54, 1.807) is 30.6 Å². The first-order chi connectivity index (χ1) is 15.8. The van der Waals surface area contributed by atoms with E-state index in [4.69, 9.17) is 10.7 Å². The van der Waals surface area contributed by atoms with Gasteiger partial charge in [0.05, 0.1) is 10.6 Å². The molecular formula is C23H20N6O3S. The highest BCUT2D eigenvalue weighted by Gasteiger charge is 2.27. The van der Waals surface area contributed by atoms with E-state index in [0.717, 1.165) is 19.1 Å². The Morgan fingerprint density at radius 1 is 1.06 bits per heavy atom. The fraction of sp³-hybridized carbons (Fsp3) is 0.174. The highest BCUT2D eigenvalue weighted by molar-refractivity contribution is 7.90. The molecular weight excluding hydrogens is 440 g/mol. The molecule has 3 heterocycles. The number of pyridine rings is 2. The van der Waals surface area contributed by atoms with Crippen molar-refractivity contribution < 1.29 is 13.2 Å². The molecule has 1 amide bonds. The molecule has 1 aromatic carbocycles. The summed E-state index contributed by atoms with van der Waals surface area (Å²) in [5.41, 5.74) is 8.68. The third-order valence-corrected chi connectivity index (χ3v) is 6.65. The van der Waals surface area contributed by atoms with Crippen LogP contribution in [-0.2, 0) is 9.84 Å². The Hall–Kier alpha value is -3.92. The number of amides is 1. The zero-order chi connectivity index (χ0) is 23.2. The molecule has 33 heavy (non-hydrogen) atoms. The summed E-state index contributed by atoms with van der Waals surface area (Å²) >= 11 is 0. The predicted octanol–water partition coefficient (Wildman–Crippen LogP) is 2.91. The highest BCUT2D eigenvalue weighted by atomic mass is 32.2. The number of hydrogen-bond acceptors (Lipinski definition) is 7. The molecule has 0 atom stereocenters. The van der Waals surface area contributed by atoms with Crippen LogP contribution in [0.4, 0.5) is 0 Å². The Kier molecular flexibility index (Phi) is 5.01. The third kappa shape index (κ3) is 4.00. The van der Waals surface area contributed by atoms with Gasteiger partial charge in [-0.2, -0.15) is 0 Å². The zero-order valence-electron chi connectivity index (χ0n) is 17.7. The van der Waals surface area contributed by atoms with Gasteiger partial charge in [0.25, 0.3) is 5.91 Å². The summed E-state index contributed by atoms with van der Waals surface area (Å²) in [5.74, 6) is -0.0316. The summed E-state index contributed by atoms with van der Waals surface area (Å²) in [6, 6.07) is 14.0. The minimum absolute atomic E-state index is 0.0769. The molecule has 0 bridgehead atoms. The summed E-state index contributed by atoms with van der Waals surface area (Å²) in [6.45, 7) is 0. The van der Waals surface area contributed by atoms with Crippen LogP contribution in [0, 0.1) is 0 Å². The Morgan fingerprint density at radius 3 is 2.45 bits per heavy atom. The second-order valence-corrected chi connectivity index (χ2v) is 9.96. The quantitative estimate of drug-likeness (QED) is 0.467. The molecule has 1 aliphatic carbocycles. The minimum Gasteiger partial charge on any atom is -0.364 e. The molecule has 5 rings (SSSR count). The van der Waals surface area contributed by atoms with E-state index in [9.17, 15) is 13.2 Å². The Bertz CT molecular complexity index is 1470. The number of rotatable bonds is 6. The van der Waals surface area contributed by atoms with Gasteiger partial charge in [-0.3, -0.25) is 9.78 Å². The summed E-state index contributed by atoms with van der Waals surface area (Å²) in [6.07, 6.45) is 6.51. The number of hydrogen-bond donors (Lipinski definition) is 1. The van der Waals surface area contributed by atoms with Crippen LogP contribution >= 0.6 is 0 Å². The van der Waals surface area contributed by atoms with E-state index in [-0.39, 0.29) is 10.6 Å². The van der Waals surface area contributed by atoms with Gasteiger partial charge in [-0.15, -0.1) is 10.2 Å². The molecule has 0 saturated heterocycles. The maximum Gasteiger partial charge on any atom is 0.268 e. The number of nitrogens with two attached hydrogens (primary N) is 1. The van der Waals surface area contributed by atoms with E-state index in [1.165, 1.54) is 18.3 Å². The van der Waals surface area contributed by atoms with Crippen molar-refractivity contribution in [1.82, 2.24) is 24.7 Å². The fourth-order valence-electron chi connectivity index (χ4n) is 3.77. The van der Waals surface area contributed by atoms with Crippen molar-refractivity contribution in [2.24, 2.45) is 5.73 Å². The molecule has 4 aromatic rings. The first-order valence-electron chi connectivity index (χ1n) is 10.3. The average Bonchev–Trinajstić information content (AvgIpc) is 3.54. The molecule has 9 nitrogen and oxygen atoms in total. The second kappa shape index (κ2) is 7.89. The molecule has 0 radical (unpaired) electrons. The van der Waals surface area contributed by atoms with Crippen LogP contribution < -0.4 is 5.73 Å². The first kappa shape index (κ1) is 21.0. The van der Waals surface area contributed by atoms with E-state index < -0.39 is 15.7 Å². The third-order valence-electron chi connectivity index (χ3n) is 5.53. The van der Waals surface area contributed by atoms with Crippen LogP contribution in [0.25, 0.3) is 33.9 Å². The van der Waals surface area contributed by atoms with Gasteiger partial charge < -0.3 is 10.3 Å². The Labute approximate surface area is 190 Å². The topological polar surface area (TPSA) is 134 Å². The smallest absolute Gasteiger partial charge is 0.268 e. The molecule has 3 aromatic heterocycles. The van der Waals surface area contributed by atoms with E-state index in [1.807, 2.05) is 16.7 Å².